The summed E-state index contributed by atoms with van der Waals surface area (Å²) in [6, 6.07) is 4.55. The van der Waals surface area contributed by atoms with Crippen LogP contribution in [0.15, 0.2) is 17.5 Å². The Hall–Kier alpha value is -3.44. The number of hydrogen-bond donors (Lipinski definition) is 2. The number of aromatic nitrogens is 3. The number of likely N-dealkylation sites (N-methyl/N-ethyl adjacent to an activating group) is 1. The number of likely N-dealkylation sites (tertiary alicyclic amines) is 1. The van der Waals surface area contributed by atoms with Crippen molar-refractivity contribution in [2.75, 3.05) is 45.0 Å². The van der Waals surface area contributed by atoms with Crippen molar-refractivity contribution in [3.05, 3.63) is 39.9 Å². The number of carbonyl (C=O) groups is 1. The van der Waals surface area contributed by atoms with Crippen LogP contribution in [0.25, 0.3) is 0 Å². The summed E-state index contributed by atoms with van der Waals surface area (Å²) in [7, 11) is 5.00. The molecule has 1 aliphatic heterocycles. The quantitative estimate of drug-likeness (QED) is 0.447. The Balaban J connectivity index is 1.32. The number of thiazole rings is 1. The molecule has 0 spiro atoms. The van der Waals surface area contributed by atoms with Gasteiger partial charge in [-0.25, -0.2) is 0 Å². The highest BCUT2D eigenvalue weighted by molar-refractivity contribution is 7.11. The van der Waals surface area contributed by atoms with Crippen LogP contribution in [0.3, 0.4) is 0 Å². The molecule has 0 atom stereocenters. The summed E-state index contributed by atoms with van der Waals surface area (Å²) in [6.07, 6.45) is 2.20. The number of benzene rings is 1. The minimum absolute atomic E-state index is 0.120. The Kier molecular flexibility index (Phi) is 6.67. The van der Waals surface area contributed by atoms with Crippen LogP contribution >= 0.6 is 11.3 Å². The van der Waals surface area contributed by atoms with Crippen molar-refractivity contribution in [1.29, 1.82) is 0 Å². The fourth-order valence-corrected chi connectivity index (χ4v) is 5.48. The maximum Gasteiger partial charge on any atom is 0.279 e. The van der Waals surface area contributed by atoms with Crippen LogP contribution < -0.4 is 24.8 Å². The lowest BCUT2D eigenvalue weighted by atomic mass is 9.86. The van der Waals surface area contributed by atoms with Crippen molar-refractivity contribution in [3.8, 4) is 22.7 Å². The molecule has 1 amide bonds. The largest absolute Gasteiger partial charge is 0.479 e. The molecule has 2 aliphatic rings. The van der Waals surface area contributed by atoms with Crippen LogP contribution in [0.5, 0.6) is 22.7 Å². The molecule has 0 saturated carbocycles. The molecule has 1 aliphatic carbocycles. The molecule has 2 aromatic heterocycles. The fourth-order valence-electron chi connectivity index (χ4n) is 4.82. The standard InChI is InChI=1S/C26H32N6O4S/c1-14-9-15-7-8-26(2,3)17(15)10-19(14)36-25-28-18(13-37-25)21(33)29-20-22(34-5)30-24(31-23(20)35-6)27-16-11-32(4)12-16/h9-10,13,16H,7-8,11-12H2,1-6H3,(H,29,33)(H,27,30,31). The van der Waals surface area contributed by atoms with Gasteiger partial charge in [0.15, 0.2) is 5.69 Å². The molecule has 3 aromatic rings. The highest BCUT2D eigenvalue weighted by Crippen LogP contribution is 2.42. The van der Waals surface area contributed by atoms with E-state index in [0.717, 1.165) is 37.2 Å². The molecule has 10 nitrogen and oxygen atoms in total. The van der Waals surface area contributed by atoms with Crippen LogP contribution in [-0.2, 0) is 11.8 Å². The summed E-state index contributed by atoms with van der Waals surface area (Å²) < 4.78 is 17.0. The van der Waals surface area contributed by atoms with Crippen LogP contribution in [0.2, 0.25) is 0 Å². The van der Waals surface area contributed by atoms with Gasteiger partial charge in [0.2, 0.25) is 17.7 Å². The van der Waals surface area contributed by atoms with Crippen molar-refractivity contribution in [3.63, 3.8) is 0 Å². The van der Waals surface area contributed by atoms with Crippen molar-refractivity contribution < 1.29 is 19.0 Å². The maximum atomic E-state index is 13.1. The Morgan fingerprint density at radius 2 is 1.84 bits per heavy atom. The first-order valence-electron chi connectivity index (χ1n) is 12.2. The Morgan fingerprint density at radius 3 is 2.49 bits per heavy atom. The van der Waals surface area contributed by atoms with E-state index in [4.69, 9.17) is 14.2 Å². The van der Waals surface area contributed by atoms with E-state index in [1.54, 1.807) is 5.38 Å². The van der Waals surface area contributed by atoms with Crippen LogP contribution in [-0.4, -0.2) is 66.2 Å². The maximum absolute atomic E-state index is 13.1. The number of nitrogens with one attached hydrogen (secondary N) is 2. The third-order valence-corrected chi connectivity index (χ3v) is 7.64. The number of aryl methyl sites for hydroxylation is 2. The molecule has 5 rings (SSSR count). The van der Waals surface area contributed by atoms with Gasteiger partial charge in [-0.3, -0.25) is 4.79 Å². The number of ether oxygens (including phenoxy) is 3. The lowest BCUT2D eigenvalue weighted by Crippen LogP contribution is -2.52. The summed E-state index contributed by atoms with van der Waals surface area (Å²) in [5.74, 6) is 1.07. The first-order chi connectivity index (χ1) is 17.7. The second-order valence-electron chi connectivity index (χ2n) is 10.2. The van der Waals surface area contributed by atoms with E-state index < -0.39 is 5.91 Å². The summed E-state index contributed by atoms with van der Waals surface area (Å²) in [6.45, 7) is 8.32. The number of hydrogen-bond acceptors (Lipinski definition) is 10. The smallest absolute Gasteiger partial charge is 0.279 e. The highest BCUT2D eigenvalue weighted by atomic mass is 32.1. The molecule has 1 saturated heterocycles. The normalized spacial score (nSPS) is 16.6. The van der Waals surface area contributed by atoms with Gasteiger partial charge >= 0.3 is 0 Å². The van der Waals surface area contributed by atoms with Gasteiger partial charge in [0.25, 0.3) is 11.1 Å². The van der Waals surface area contributed by atoms with E-state index in [9.17, 15) is 4.79 Å². The first-order valence-corrected chi connectivity index (χ1v) is 13.1. The lowest BCUT2D eigenvalue weighted by molar-refractivity contribution is 0.102. The zero-order chi connectivity index (χ0) is 26.3. The van der Waals surface area contributed by atoms with Crippen LogP contribution in [0.1, 0.15) is 47.4 Å². The highest BCUT2D eigenvalue weighted by Gasteiger charge is 2.31. The van der Waals surface area contributed by atoms with Gasteiger partial charge in [0, 0.05) is 18.5 Å². The fraction of sp³-hybridized carbons (Fsp3) is 0.462. The predicted octanol–water partition coefficient (Wildman–Crippen LogP) is 4.25. The molecule has 0 radical (unpaired) electrons. The number of amides is 1. The average Bonchev–Trinajstić information content (AvgIpc) is 3.43. The van der Waals surface area contributed by atoms with E-state index in [1.807, 2.05) is 14.0 Å². The molecule has 1 fully saturated rings. The minimum atomic E-state index is -0.445. The van der Waals surface area contributed by atoms with E-state index in [2.05, 4.69) is 56.5 Å². The van der Waals surface area contributed by atoms with Gasteiger partial charge in [0.1, 0.15) is 11.4 Å². The van der Waals surface area contributed by atoms with Crippen molar-refractivity contribution in [1.82, 2.24) is 19.9 Å². The van der Waals surface area contributed by atoms with Gasteiger partial charge in [-0.15, -0.1) is 0 Å². The van der Waals surface area contributed by atoms with Gasteiger partial charge in [-0.2, -0.15) is 15.0 Å². The predicted molar refractivity (Wildman–Crippen MR) is 143 cm³/mol. The first kappa shape index (κ1) is 25.2. The molecular weight excluding hydrogens is 492 g/mol. The molecule has 0 unspecified atom stereocenters. The van der Waals surface area contributed by atoms with Crippen molar-refractivity contribution in [2.24, 2.45) is 0 Å². The van der Waals surface area contributed by atoms with E-state index >= 15 is 0 Å². The van der Waals surface area contributed by atoms with E-state index in [0.29, 0.717) is 11.1 Å². The topological polar surface area (TPSA) is 111 Å². The van der Waals surface area contributed by atoms with E-state index in [-0.39, 0.29) is 34.6 Å². The molecule has 196 valence electrons. The average molecular weight is 525 g/mol. The number of nitrogens with zero attached hydrogens (tertiary/aromatic N) is 4. The number of methoxy groups -OCH3 is 2. The summed E-state index contributed by atoms with van der Waals surface area (Å²) in [5.41, 5.74) is 4.30. The van der Waals surface area contributed by atoms with Crippen molar-refractivity contribution >= 4 is 28.9 Å². The minimum Gasteiger partial charge on any atom is -0.479 e. The van der Waals surface area contributed by atoms with Gasteiger partial charge in [-0.05, 0) is 55.0 Å². The zero-order valence-corrected chi connectivity index (χ0v) is 22.8. The zero-order valence-electron chi connectivity index (χ0n) is 22.0. The van der Waals surface area contributed by atoms with Crippen LogP contribution in [0.4, 0.5) is 11.6 Å². The van der Waals surface area contributed by atoms with Gasteiger partial charge in [-0.1, -0.05) is 31.3 Å². The Morgan fingerprint density at radius 1 is 1.14 bits per heavy atom. The Bertz CT molecular complexity index is 1310. The van der Waals surface area contributed by atoms with Gasteiger partial charge in [0.05, 0.1) is 20.3 Å². The van der Waals surface area contributed by atoms with E-state index in [1.165, 1.54) is 36.7 Å². The molecule has 2 N–H and O–H groups in total. The number of carbonyl (C=O) groups excluding carboxylic acids is 1. The molecule has 1 aromatic carbocycles. The molecule has 37 heavy (non-hydrogen) atoms. The Labute approximate surface area is 220 Å². The van der Waals surface area contributed by atoms with Crippen LogP contribution in [0, 0.1) is 6.92 Å². The molecule has 11 heteroatoms. The summed E-state index contributed by atoms with van der Waals surface area (Å²) in [4.78, 5) is 28.5. The lowest BCUT2D eigenvalue weighted by Gasteiger charge is -2.36. The monoisotopic (exact) mass is 524 g/mol. The second kappa shape index (κ2) is 9.79. The number of anilines is 2. The number of fused-ring (bicyclic) bond motifs is 1. The molecule has 3 heterocycles. The summed E-state index contributed by atoms with van der Waals surface area (Å²) >= 11 is 1.26. The molecular formula is C26H32N6O4S. The van der Waals surface area contributed by atoms with Gasteiger partial charge < -0.3 is 29.7 Å². The third-order valence-electron chi connectivity index (χ3n) is 6.93. The molecule has 0 bridgehead atoms. The SMILES string of the molecule is COc1nc(NC2CN(C)C2)nc(OC)c1NC(=O)c1csc(Oc2cc3c(cc2C)CCC3(C)C)n1. The number of rotatable bonds is 8. The summed E-state index contributed by atoms with van der Waals surface area (Å²) in [5, 5.41) is 8.09. The third kappa shape index (κ3) is 5.05. The van der Waals surface area contributed by atoms with Crippen molar-refractivity contribution in [2.45, 2.75) is 45.1 Å². The second-order valence-corrected chi connectivity index (χ2v) is 11.0.